The van der Waals surface area contributed by atoms with Crippen molar-refractivity contribution in [3.05, 3.63) is 29.8 Å². The van der Waals surface area contributed by atoms with Crippen LogP contribution >= 0.6 is 0 Å². The highest BCUT2D eigenvalue weighted by molar-refractivity contribution is 5.94. The van der Waals surface area contributed by atoms with Crippen LogP contribution in [0.4, 0.5) is 17.6 Å². The van der Waals surface area contributed by atoms with Crippen LogP contribution in [0, 0.1) is 11.7 Å². The zero-order chi connectivity index (χ0) is 29.4. The predicted molar refractivity (Wildman–Crippen MR) is 138 cm³/mol. The van der Waals surface area contributed by atoms with E-state index >= 15 is 0 Å². The molecule has 0 unspecified atom stereocenters. The van der Waals surface area contributed by atoms with Gasteiger partial charge in [0.1, 0.15) is 5.69 Å². The maximum absolute atomic E-state index is 14.4. The number of halogens is 4. The second-order valence-electron chi connectivity index (χ2n) is 11.2. The number of carbonyl (C=O) groups is 2. The van der Waals surface area contributed by atoms with Crippen LogP contribution in [-0.4, -0.2) is 82.1 Å². The molecule has 1 aliphatic heterocycles. The van der Waals surface area contributed by atoms with E-state index in [9.17, 15) is 27.2 Å². The minimum Gasteiger partial charge on any atom is -0.481 e. The number of alkyl halides is 3. The van der Waals surface area contributed by atoms with E-state index in [0.29, 0.717) is 19.4 Å². The van der Waals surface area contributed by atoms with Crippen molar-refractivity contribution in [3.63, 3.8) is 0 Å². The van der Waals surface area contributed by atoms with Gasteiger partial charge in [0.05, 0.1) is 25.6 Å². The third kappa shape index (κ3) is 5.76. The molecule has 224 valence electrons. The zero-order valence-electron chi connectivity index (χ0n) is 22.7. The zero-order valence-corrected chi connectivity index (χ0v) is 22.7. The van der Waals surface area contributed by atoms with E-state index in [1.165, 1.54) is 19.2 Å². The van der Waals surface area contributed by atoms with Gasteiger partial charge in [0.2, 0.25) is 11.8 Å². The normalized spacial score (nSPS) is 25.7. The standard InChI is InChI=1S/C27H34F4N6O4/c1-40-22-12-18(19(28)15-33-22)20-13-21(36-35-20)24(39)37-10-4-16(14-25(37)7-8-25)23(38)34-17-2-5-26(6-3-17,27(29,30)31)41-11-9-32/h12-13,15-17H,2-11,14,32H2,1H3,(H,34,38)(H,35,36)/t16-,17?,26?/m0/s1. The summed E-state index contributed by atoms with van der Waals surface area (Å²) in [6, 6.07) is 2.51. The molecule has 3 aliphatic rings. The fourth-order valence-electron chi connectivity index (χ4n) is 6.11. The molecular weight excluding hydrogens is 548 g/mol. The Morgan fingerprint density at radius 2 is 1.93 bits per heavy atom. The van der Waals surface area contributed by atoms with Gasteiger partial charge >= 0.3 is 6.18 Å². The number of nitrogens with two attached hydrogens (primary N) is 1. The summed E-state index contributed by atoms with van der Waals surface area (Å²) in [6.45, 7) is 0.170. The summed E-state index contributed by atoms with van der Waals surface area (Å²) in [5.41, 5.74) is 3.26. The predicted octanol–water partition coefficient (Wildman–Crippen LogP) is 3.34. The largest absolute Gasteiger partial charge is 0.481 e. The van der Waals surface area contributed by atoms with Crippen molar-refractivity contribution in [3.8, 4) is 17.1 Å². The van der Waals surface area contributed by atoms with Crippen LogP contribution in [0.5, 0.6) is 5.88 Å². The number of aromatic nitrogens is 3. The fraction of sp³-hybridized carbons (Fsp3) is 0.630. The summed E-state index contributed by atoms with van der Waals surface area (Å²) in [6.07, 6.45) is -1.25. The van der Waals surface area contributed by atoms with Crippen molar-refractivity contribution in [1.82, 2.24) is 25.4 Å². The molecule has 5 rings (SSSR count). The Labute approximate surface area is 234 Å². The van der Waals surface area contributed by atoms with Gasteiger partial charge in [-0.15, -0.1) is 0 Å². The SMILES string of the molecule is COc1cc(-c2cc(C(=O)N3CC[C@H](C(=O)NC4CCC(OCCN)(C(F)(F)F)CC4)CC34CC4)[nH]n2)c(F)cn1. The number of nitrogens with zero attached hydrogens (tertiary/aromatic N) is 3. The quantitative estimate of drug-likeness (QED) is 0.407. The smallest absolute Gasteiger partial charge is 0.417 e. The third-order valence-electron chi connectivity index (χ3n) is 8.62. The van der Waals surface area contributed by atoms with Crippen LogP contribution in [0.2, 0.25) is 0 Å². The number of hydrogen-bond acceptors (Lipinski definition) is 7. The molecule has 2 aromatic rings. The molecule has 2 saturated carbocycles. The van der Waals surface area contributed by atoms with Gasteiger partial charge in [-0.05, 0) is 57.4 Å². The van der Waals surface area contributed by atoms with Gasteiger partial charge in [0.15, 0.2) is 11.4 Å². The van der Waals surface area contributed by atoms with Crippen LogP contribution in [-0.2, 0) is 9.53 Å². The van der Waals surface area contributed by atoms with Gasteiger partial charge in [-0.2, -0.15) is 18.3 Å². The van der Waals surface area contributed by atoms with Crippen molar-refractivity contribution < 1.29 is 36.6 Å². The maximum Gasteiger partial charge on any atom is 0.417 e. The van der Waals surface area contributed by atoms with Crippen LogP contribution < -0.4 is 15.8 Å². The summed E-state index contributed by atoms with van der Waals surface area (Å²) >= 11 is 0. The molecule has 3 fully saturated rings. The monoisotopic (exact) mass is 582 g/mol. The van der Waals surface area contributed by atoms with Gasteiger partial charge in [-0.25, -0.2) is 9.37 Å². The molecule has 1 atom stereocenters. The first-order valence-corrected chi connectivity index (χ1v) is 13.8. The van der Waals surface area contributed by atoms with Gasteiger partial charge < -0.3 is 25.4 Å². The first-order valence-electron chi connectivity index (χ1n) is 13.8. The van der Waals surface area contributed by atoms with Crippen molar-refractivity contribution in [1.29, 1.82) is 0 Å². The lowest BCUT2D eigenvalue weighted by molar-refractivity contribution is -0.287. The molecule has 2 aromatic heterocycles. The minimum absolute atomic E-state index is 0.000990. The Kier molecular flexibility index (Phi) is 7.99. The van der Waals surface area contributed by atoms with E-state index in [-0.39, 0.29) is 85.4 Å². The average molecular weight is 583 g/mol. The van der Waals surface area contributed by atoms with E-state index in [0.717, 1.165) is 19.0 Å². The Bertz CT molecular complexity index is 1270. The van der Waals surface area contributed by atoms with Crippen molar-refractivity contribution >= 4 is 11.8 Å². The maximum atomic E-state index is 14.4. The molecule has 0 aromatic carbocycles. The summed E-state index contributed by atoms with van der Waals surface area (Å²) in [5, 5.41) is 9.77. The summed E-state index contributed by atoms with van der Waals surface area (Å²) in [5.74, 6) is -1.22. The number of aromatic amines is 1. The second kappa shape index (κ2) is 11.2. The number of H-pyrrole nitrogens is 1. The first kappa shape index (κ1) is 29.2. The number of ether oxygens (including phenoxy) is 2. The molecule has 2 amide bonds. The Balaban J connectivity index is 1.19. The molecule has 1 saturated heterocycles. The van der Waals surface area contributed by atoms with Gasteiger partial charge in [0.25, 0.3) is 5.91 Å². The van der Waals surface area contributed by atoms with Gasteiger partial charge in [-0.3, -0.25) is 14.7 Å². The van der Waals surface area contributed by atoms with E-state index in [4.69, 9.17) is 15.2 Å². The molecular formula is C27H34F4N6O4. The van der Waals surface area contributed by atoms with Crippen LogP contribution in [0.3, 0.4) is 0 Å². The van der Waals surface area contributed by atoms with E-state index in [2.05, 4.69) is 20.5 Å². The molecule has 2 aliphatic carbocycles. The number of nitrogens with one attached hydrogen (secondary N) is 2. The van der Waals surface area contributed by atoms with E-state index in [1.807, 2.05) is 0 Å². The highest BCUT2D eigenvalue weighted by Gasteiger charge is 2.58. The number of amides is 2. The minimum atomic E-state index is -4.51. The van der Waals surface area contributed by atoms with Crippen LogP contribution in [0.25, 0.3) is 11.3 Å². The number of hydrogen-bond donors (Lipinski definition) is 3. The lowest BCUT2D eigenvalue weighted by Gasteiger charge is -2.42. The van der Waals surface area contributed by atoms with Crippen molar-refractivity contribution in [2.45, 2.75) is 74.7 Å². The van der Waals surface area contributed by atoms with Crippen molar-refractivity contribution in [2.24, 2.45) is 11.7 Å². The number of rotatable bonds is 8. The molecule has 10 nitrogen and oxygen atoms in total. The lowest BCUT2D eigenvalue weighted by Crippen LogP contribution is -2.55. The van der Waals surface area contributed by atoms with E-state index < -0.39 is 23.1 Å². The first-order chi connectivity index (χ1) is 19.5. The summed E-state index contributed by atoms with van der Waals surface area (Å²) in [7, 11) is 1.41. The molecule has 14 heteroatoms. The number of likely N-dealkylation sites (tertiary alicyclic amines) is 1. The number of piperidine rings is 1. The Morgan fingerprint density at radius 1 is 1.20 bits per heavy atom. The molecule has 41 heavy (non-hydrogen) atoms. The van der Waals surface area contributed by atoms with Crippen LogP contribution in [0.15, 0.2) is 18.3 Å². The highest BCUT2D eigenvalue weighted by Crippen LogP contribution is 2.51. The molecule has 0 radical (unpaired) electrons. The Hall–Kier alpha value is -3.26. The van der Waals surface area contributed by atoms with Crippen LogP contribution in [0.1, 0.15) is 61.9 Å². The highest BCUT2D eigenvalue weighted by atomic mass is 19.4. The Morgan fingerprint density at radius 3 is 2.56 bits per heavy atom. The van der Waals surface area contributed by atoms with E-state index in [1.54, 1.807) is 4.90 Å². The number of methoxy groups -OCH3 is 1. The molecule has 1 spiro atoms. The lowest BCUT2D eigenvalue weighted by atomic mass is 9.80. The molecule has 3 heterocycles. The second-order valence-corrected chi connectivity index (χ2v) is 11.2. The van der Waals surface area contributed by atoms with Crippen molar-refractivity contribution in [2.75, 3.05) is 26.8 Å². The molecule has 0 bridgehead atoms. The van der Waals surface area contributed by atoms with Gasteiger partial charge in [0, 0.05) is 42.2 Å². The summed E-state index contributed by atoms with van der Waals surface area (Å²) in [4.78, 5) is 32.1. The topological polar surface area (TPSA) is 135 Å². The summed E-state index contributed by atoms with van der Waals surface area (Å²) < 4.78 is 65.8. The number of pyridine rings is 1. The average Bonchev–Trinajstić information content (AvgIpc) is 3.53. The third-order valence-corrected chi connectivity index (χ3v) is 8.62. The van der Waals surface area contributed by atoms with Gasteiger partial charge in [-0.1, -0.05) is 0 Å². The fourth-order valence-corrected chi connectivity index (χ4v) is 6.11. The number of carbonyl (C=O) groups excluding carboxylic acids is 2. The molecule has 4 N–H and O–H groups in total.